The summed E-state index contributed by atoms with van der Waals surface area (Å²) in [7, 11) is 0. The number of hydrogen-bond acceptors (Lipinski definition) is 4. The first-order chi connectivity index (χ1) is 10.0. The molecule has 0 radical (unpaired) electrons. The predicted octanol–water partition coefficient (Wildman–Crippen LogP) is 2.55. The predicted molar refractivity (Wildman–Crippen MR) is 83.4 cm³/mol. The molecular weight excluding hydrogens is 336 g/mol. The molecule has 5 nitrogen and oxygen atoms in total. The molecular formula is C15H13BrN2O3. The Morgan fingerprint density at radius 3 is 2.57 bits per heavy atom. The van der Waals surface area contributed by atoms with Crippen molar-refractivity contribution in [3.8, 4) is 11.5 Å². The van der Waals surface area contributed by atoms with Gasteiger partial charge in [-0.15, -0.1) is 0 Å². The number of nitrogens with one attached hydrogen (secondary N) is 1. The summed E-state index contributed by atoms with van der Waals surface area (Å²) in [4.78, 5) is 11.7. The summed E-state index contributed by atoms with van der Waals surface area (Å²) in [5.41, 5.74) is 3.94. The summed E-state index contributed by atoms with van der Waals surface area (Å²) in [6.07, 6.45) is 1.66. The molecule has 0 atom stereocenters. The van der Waals surface area contributed by atoms with Gasteiger partial charge < -0.3 is 10.2 Å². The Bertz CT molecular complexity index is 669. The van der Waals surface area contributed by atoms with E-state index in [1.807, 2.05) is 0 Å². The third kappa shape index (κ3) is 4.61. The summed E-state index contributed by atoms with van der Waals surface area (Å²) in [6.45, 7) is 0. The van der Waals surface area contributed by atoms with Gasteiger partial charge in [-0.05, 0) is 57.4 Å². The maximum absolute atomic E-state index is 11.7. The molecule has 2 aromatic carbocycles. The highest BCUT2D eigenvalue weighted by atomic mass is 79.9. The molecule has 1 amide bonds. The van der Waals surface area contributed by atoms with E-state index in [1.54, 1.807) is 24.3 Å². The fourth-order valence-electron chi connectivity index (χ4n) is 1.62. The van der Waals surface area contributed by atoms with E-state index in [-0.39, 0.29) is 23.8 Å². The van der Waals surface area contributed by atoms with Crippen LogP contribution in [0.15, 0.2) is 52.0 Å². The first-order valence-corrected chi connectivity index (χ1v) is 6.92. The number of hydrogen-bond donors (Lipinski definition) is 3. The lowest BCUT2D eigenvalue weighted by Gasteiger charge is -2.01. The number of aromatic hydroxyl groups is 2. The Kier molecular flexibility index (Phi) is 4.94. The summed E-state index contributed by atoms with van der Waals surface area (Å²) < 4.78 is 0.557. The molecule has 0 heterocycles. The number of phenols is 2. The van der Waals surface area contributed by atoms with Crippen LogP contribution in [0.1, 0.15) is 11.1 Å². The van der Waals surface area contributed by atoms with Crippen LogP contribution in [0, 0.1) is 0 Å². The molecule has 2 rings (SSSR count). The molecule has 0 saturated heterocycles. The maximum atomic E-state index is 11.7. The number of amides is 1. The second-order valence-corrected chi connectivity index (χ2v) is 5.20. The van der Waals surface area contributed by atoms with E-state index in [9.17, 15) is 9.90 Å². The average molecular weight is 349 g/mol. The Balaban J connectivity index is 1.89. The van der Waals surface area contributed by atoms with Crippen LogP contribution in [0.3, 0.4) is 0 Å². The Labute approximate surface area is 130 Å². The number of nitrogens with zero attached hydrogens (tertiary/aromatic N) is 1. The summed E-state index contributed by atoms with van der Waals surface area (Å²) in [5.74, 6) is 0.0494. The van der Waals surface area contributed by atoms with Crippen LogP contribution in [0.2, 0.25) is 0 Å². The quantitative estimate of drug-likeness (QED) is 0.586. The van der Waals surface area contributed by atoms with Gasteiger partial charge in [0.15, 0.2) is 0 Å². The SMILES string of the molecule is O=C(Cc1ccc(O)cc1)N/N=C\c1ccc(O)c(Br)c1. The van der Waals surface area contributed by atoms with Crippen molar-refractivity contribution in [2.45, 2.75) is 6.42 Å². The molecule has 0 aliphatic rings. The fourth-order valence-corrected chi connectivity index (χ4v) is 2.02. The lowest BCUT2D eigenvalue weighted by molar-refractivity contribution is -0.120. The highest BCUT2D eigenvalue weighted by Crippen LogP contribution is 2.23. The van der Waals surface area contributed by atoms with Crippen LogP contribution in [0.4, 0.5) is 0 Å². The van der Waals surface area contributed by atoms with Crippen LogP contribution in [0.25, 0.3) is 0 Å². The minimum atomic E-state index is -0.255. The Morgan fingerprint density at radius 1 is 1.19 bits per heavy atom. The number of rotatable bonds is 4. The Morgan fingerprint density at radius 2 is 1.90 bits per heavy atom. The van der Waals surface area contributed by atoms with Gasteiger partial charge in [-0.25, -0.2) is 5.43 Å². The molecule has 0 aliphatic carbocycles. The highest BCUT2D eigenvalue weighted by Gasteiger charge is 2.02. The van der Waals surface area contributed by atoms with E-state index in [1.165, 1.54) is 24.4 Å². The third-order valence-electron chi connectivity index (χ3n) is 2.68. The number of phenolic OH excluding ortho intramolecular Hbond substituents is 2. The van der Waals surface area contributed by atoms with Gasteiger partial charge >= 0.3 is 0 Å². The van der Waals surface area contributed by atoms with Gasteiger partial charge in [-0.2, -0.15) is 5.10 Å². The van der Waals surface area contributed by atoms with Crippen LogP contribution in [0.5, 0.6) is 11.5 Å². The van der Waals surface area contributed by atoms with Gasteiger partial charge in [0.1, 0.15) is 11.5 Å². The van der Waals surface area contributed by atoms with E-state index >= 15 is 0 Å². The van der Waals surface area contributed by atoms with Crippen molar-refractivity contribution in [1.29, 1.82) is 0 Å². The zero-order valence-electron chi connectivity index (χ0n) is 11.0. The summed E-state index contributed by atoms with van der Waals surface area (Å²) >= 11 is 3.20. The third-order valence-corrected chi connectivity index (χ3v) is 3.31. The first kappa shape index (κ1) is 15.1. The van der Waals surface area contributed by atoms with Gasteiger partial charge in [0.25, 0.3) is 0 Å². The summed E-state index contributed by atoms with van der Waals surface area (Å²) in [6, 6.07) is 11.3. The van der Waals surface area contributed by atoms with Gasteiger partial charge in [0, 0.05) is 0 Å². The van der Waals surface area contributed by atoms with Crippen LogP contribution in [-0.2, 0) is 11.2 Å². The fraction of sp³-hybridized carbons (Fsp3) is 0.0667. The van der Waals surface area contributed by atoms with Gasteiger partial charge in [0.2, 0.25) is 5.91 Å². The number of carbonyl (C=O) groups excluding carboxylic acids is 1. The van der Waals surface area contributed by atoms with Gasteiger partial charge in [0.05, 0.1) is 17.1 Å². The molecule has 0 aliphatic heterocycles. The second-order valence-electron chi connectivity index (χ2n) is 4.35. The van der Waals surface area contributed by atoms with Crippen LogP contribution >= 0.6 is 15.9 Å². The van der Waals surface area contributed by atoms with Gasteiger partial charge in [-0.1, -0.05) is 12.1 Å². The van der Waals surface area contributed by atoms with Crippen molar-refractivity contribution < 1.29 is 15.0 Å². The molecule has 0 bridgehead atoms. The first-order valence-electron chi connectivity index (χ1n) is 6.13. The topological polar surface area (TPSA) is 81.9 Å². The number of benzene rings is 2. The molecule has 3 N–H and O–H groups in total. The standard InChI is InChI=1S/C15H13BrN2O3/c16-13-7-11(3-6-14(13)20)9-17-18-15(21)8-10-1-4-12(19)5-2-10/h1-7,9,19-20H,8H2,(H,18,21)/b17-9-. The van der Waals surface area contributed by atoms with Crippen molar-refractivity contribution in [3.63, 3.8) is 0 Å². The molecule has 0 saturated carbocycles. The zero-order valence-corrected chi connectivity index (χ0v) is 12.5. The van der Waals surface area contributed by atoms with E-state index < -0.39 is 0 Å². The molecule has 0 unspecified atom stereocenters. The largest absolute Gasteiger partial charge is 0.508 e. The van der Waals surface area contributed by atoms with Crippen molar-refractivity contribution in [2.75, 3.05) is 0 Å². The molecule has 0 spiro atoms. The molecule has 6 heteroatoms. The lowest BCUT2D eigenvalue weighted by atomic mass is 10.1. The van der Waals surface area contributed by atoms with Gasteiger partial charge in [-0.3, -0.25) is 4.79 Å². The average Bonchev–Trinajstić information content (AvgIpc) is 2.45. The number of halogens is 1. The van der Waals surface area contributed by atoms with E-state index in [0.29, 0.717) is 4.47 Å². The van der Waals surface area contributed by atoms with Crippen LogP contribution < -0.4 is 5.43 Å². The van der Waals surface area contributed by atoms with Crippen molar-refractivity contribution in [1.82, 2.24) is 5.43 Å². The van der Waals surface area contributed by atoms with Crippen molar-refractivity contribution in [3.05, 3.63) is 58.1 Å². The highest BCUT2D eigenvalue weighted by molar-refractivity contribution is 9.10. The number of hydrazone groups is 1. The second kappa shape index (κ2) is 6.90. The molecule has 108 valence electrons. The maximum Gasteiger partial charge on any atom is 0.244 e. The smallest absolute Gasteiger partial charge is 0.244 e. The van der Waals surface area contributed by atoms with E-state index in [2.05, 4.69) is 26.5 Å². The van der Waals surface area contributed by atoms with E-state index in [4.69, 9.17) is 5.11 Å². The molecule has 0 fully saturated rings. The Hall–Kier alpha value is -2.34. The lowest BCUT2D eigenvalue weighted by Crippen LogP contribution is -2.19. The molecule has 21 heavy (non-hydrogen) atoms. The minimum absolute atomic E-state index is 0.142. The van der Waals surface area contributed by atoms with E-state index in [0.717, 1.165) is 11.1 Å². The minimum Gasteiger partial charge on any atom is -0.508 e. The van der Waals surface area contributed by atoms with Crippen LogP contribution in [-0.4, -0.2) is 22.3 Å². The molecule has 2 aromatic rings. The van der Waals surface area contributed by atoms with Crippen molar-refractivity contribution in [2.24, 2.45) is 5.10 Å². The molecule has 0 aromatic heterocycles. The number of carbonyl (C=O) groups is 1. The zero-order chi connectivity index (χ0) is 15.2. The normalized spacial score (nSPS) is 10.7. The summed E-state index contributed by atoms with van der Waals surface area (Å²) in [5, 5.41) is 22.4. The van der Waals surface area contributed by atoms with Crippen molar-refractivity contribution >= 4 is 28.1 Å². The monoisotopic (exact) mass is 348 g/mol.